The Morgan fingerprint density at radius 2 is 1.11 bits per heavy atom. The number of aromatic nitrogens is 1. The normalized spacial score (nSPS) is 17.1. The highest BCUT2D eigenvalue weighted by molar-refractivity contribution is 6.62. The molecule has 1 saturated heterocycles. The summed E-state index contributed by atoms with van der Waals surface area (Å²) in [6, 6.07) is 35.5. The first-order chi connectivity index (χ1) is 18.3. The fraction of sp³-hybridized carbons (Fsp3) is 0.176. The van der Waals surface area contributed by atoms with Gasteiger partial charge in [-0.05, 0) is 85.4 Å². The summed E-state index contributed by atoms with van der Waals surface area (Å²) < 4.78 is 15.0. The maximum absolute atomic E-state index is 6.30. The average Bonchev–Trinajstić information content (AvgIpc) is 3.51. The molecule has 7 aromatic rings. The predicted octanol–water partition coefficient (Wildman–Crippen LogP) is 7.96. The van der Waals surface area contributed by atoms with Gasteiger partial charge in [-0.15, -0.1) is 0 Å². The van der Waals surface area contributed by atoms with Crippen LogP contribution in [0.3, 0.4) is 0 Å². The molecule has 38 heavy (non-hydrogen) atoms. The lowest BCUT2D eigenvalue weighted by Crippen LogP contribution is -2.41. The highest BCUT2D eigenvalue weighted by atomic mass is 16.7. The Kier molecular flexibility index (Phi) is 4.30. The van der Waals surface area contributed by atoms with Gasteiger partial charge in [-0.1, -0.05) is 66.7 Å². The smallest absolute Gasteiger partial charge is 0.399 e. The average molecular weight is 493 g/mol. The maximum Gasteiger partial charge on any atom is 0.494 e. The molecule has 1 fully saturated rings. The molecule has 0 N–H and O–H groups in total. The SMILES string of the molecule is CC1(C)OB(c2ccc3cc(-c4cc5c6ccccc6n6c7ccccc7c(c4)c56)ccc3c2)OC1(C)C. The second-order valence-corrected chi connectivity index (χ2v) is 11.7. The van der Waals surface area contributed by atoms with E-state index in [9.17, 15) is 0 Å². The van der Waals surface area contributed by atoms with E-state index in [1.807, 2.05) is 0 Å². The third kappa shape index (κ3) is 2.93. The highest BCUT2D eigenvalue weighted by Gasteiger charge is 2.51. The van der Waals surface area contributed by atoms with E-state index in [-0.39, 0.29) is 18.3 Å². The van der Waals surface area contributed by atoms with Crippen molar-refractivity contribution in [3.63, 3.8) is 0 Å². The van der Waals surface area contributed by atoms with E-state index in [4.69, 9.17) is 9.31 Å². The summed E-state index contributed by atoms with van der Waals surface area (Å²) in [7, 11) is -0.354. The molecule has 184 valence electrons. The zero-order chi connectivity index (χ0) is 25.8. The van der Waals surface area contributed by atoms with Crippen molar-refractivity contribution in [1.29, 1.82) is 0 Å². The van der Waals surface area contributed by atoms with Gasteiger partial charge < -0.3 is 13.7 Å². The minimum absolute atomic E-state index is 0.349. The van der Waals surface area contributed by atoms with Crippen LogP contribution in [-0.2, 0) is 9.31 Å². The number of hydrogen-bond donors (Lipinski definition) is 0. The summed E-state index contributed by atoms with van der Waals surface area (Å²) in [4.78, 5) is 0. The molecule has 0 amide bonds. The summed E-state index contributed by atoms with van der Waals surface area (Å²) in [6.07, 6.45) is 0. The minimum atomic E-state index is -0.354. The van der Waals surface area contributed by atoms with Gasteiger partial charge >= 0.3 is 7.12 Å². The third-order valence-electron chi connectivity index (χ3n) is 8.93. The largest absolute Gasteiger partial charge is 0.494 e. The lowest BCUT2D eigenvalue weighted by molar-refractivity contribution is 0.00578. The van der Waals surface area contributed by atoms with E-state index in [1.165, 1.54) is 60.0 Å². The molecular formula is C34H28BNO2. The summed E-state index contributed by atoms with van der Waals surface area (Å²) in [6.45, 7) is 8.38. The highest BCUT2D eigenvalue weighted by Crippen LogP contribution is 2.42. The molecule has 0 saturated carbocycles. The van der Waals surface area contributed by atoms with Crippen molar-refractivity contribution in [2.24, 2.45) is 0 Å². The second-order valence-electron chi connectivity index (χ2n) is 11.7. The second kappa shape index (κ2) is 7.38. The van der Waals surface area contributed by atoms with Crippen LogP contribution in [0, 0.1) is 0 Å². The van der Waals surface area contributed by atoms with Crippen molar-refractivity contribution in [1.82, 2.24) is 4.40 Å². The molecule has 0 spiro atoms. The minimum Gasteiger partial charge on any atom is -0.399 e. The van der Waals surface area contributed by atoms with Gasteiger partial charge in [-0.25, -0.2) is 0 Å². The topological polar surface area (TPSA) is 22.9 Å². The van der Waals surface area contributed by atoms with Crippen LogP contribution in [0.1, 0.15) is 27.7 Å². The molecule has 1 aliphatic heterocycles. The van der Waals surface area contributed by atoms with Crippen LogP contribution < -0.4 is 5.46 Å². The number of fused-ring (bicyclic) bond motifs is 7. The maximum atomic E-state index is 6.30. The summed E-state index contributed by atoms with van der Waals surface area (Å²) >= 11 is 0. The van der Waals surface area contributed by atoms with Crippen molar-refractivity contribution in [3.05, 3.63) is 97.1 Å². The van der Waals surface area contributed by atoms with Crippen LogP contribution in [0.4, 0.5) is 0 Å². The molecule has 4 heteroatoms. The van der Waals surface area contributed by atoms with Crippen molar-refractivity contribution in [3.8, 4) is 11.1 Å². The van der Waals surface area contributed by atoms with Gasteiger partial charge in [0.2, 0.25) is 0 Å². The first kappa shape index (κ1) is 22.2. The lowest BCUT2D eigenvalue weighted by Gasteiger charge is -2.32. The number of nitrogens with zero attached hydrogens (tertiary/aromatic N) is 1. The molecule has 0 radical (unpaired) electrons. The molecule has 0 atom stereocenters. The van der Waals surface area contributed by atoms with Gasteiger partial charge in [-0.3, -0.25) is 0 Å². The zero-order valence-corrected chi connectivity index (χ0v) is 22.1. The molecule has 2 aromatic heterocycles. The first-order valence-electron chi connectivity index (χ1n) is 13.4. The summed E-state index contributed by atoms with van der Waals surface area (Å²) in [5.74, 6) is 0. The van der Waals surface area contributed by atoms with E-state index < -0.39 is 0 Å². The molecule has 8 rings (SSSR count). The number of rotatable bonds is 2. The fourth-order valence-corrected chi connectivity index (χ4v) is 6.19. The van der Waals surface area contributed by atoms with Crippen LogP contribution >= 0.6 is 0 Å². The number of benzene rings is 5. The van der Waals surface area contributed by atoms with E-state index in [2.05, 4.69) is 129 Å². The van der Waals surface area contributed by atoms with E-state index in [0.29, 0.717) is 0 Å². The Hall–Kier alpha value is -3.86. The van der Waals surface area contributed by atoms with Gasteiger partial charge in [0.05, 0.1) is 27.8 Å². The zero-order valence-electron chi connectivity index (χ0n) is 22.1. The number of hydrogen-bond acceptors (Lipinski definition) is 2. The Bertz CT molecular complexity index is 1950. The number of para-hydroxylation sites is 2. The van der Waals surface area contributed by atoms with Gasteiger partial charge in [0.25, 0.3) is 0 Å². The fourth-order valence-electron chi connectivity index (χ4n) is 6.19. The van der Waals surface area contributed by atoms with Crippen LogP contribution in [-0.4, -0.2) is 22.7 Å². The van der Waals surface area contributed by atoms with Gasteiger partial charge in [0.15, 0.2) is 0 Å². The summed E-state index contributed by atoms with van der Waals surface area (Å²) in [5, 5.41) is 7.61. The van der Waals surface area contributed by atoms with Gasteiger partial charge in [0.1, 0.15) is 0 Å². The molecule has 0 unspecified atom stereocenters. The van der Waals surface area contributed by atoms with Gasteiger partial charge in [0, 0.05) is 21.5 Å². The van der Waals surface area contributed by atoms with E-state index in [0.717, 1.165) is 5.46 Å². The first-order valence-corrected chi connectivity index (χ1v) is 13.4. The third-order valence-corrected chi connectivity index (χ3v) is 8.93. The molecule has 3 heterocycles. The van der Waals surface area contributed by atoms with Crippen molar-refractivity contribution < 1.29 is 9.31 Å². The van der Waals surface area contributed by atoms with Crippen molar-refractivity contribution in [2.45, 2.75) is 38.9 Å². The molecule has 3 nitrogen and oxygen atoms in total. The monoisotopic (exact) mass is 493 g/mol. The van der Waals surface area contributed by atoms with Crippen LogP contribution in [0.15, 0.2) is 97.1 Å². The lowest BCUT2D eigenvalue weighted by atomic mass is 9.78. The quantitative estimate of drug-likeness (QED) is 0.228. The molecular weight excluding hydrogens is 465 g/mol. The van der Waals surface area contributed by atoms with Crippen LogP contribution in [0.5, 0.6) is 0 Å². The van der Waals surface area contributed by atoms with E-state index >= 15 is 0 Å². The van der Waals surface area contributed by atoms with Crippen molar-refractivity contribution >= 4 is 61.4 Å². The molecule has 5 aromatic carbocycles. The van der Waals surface area contributed by atoms with Crippen LogP contribution in [0.25, 0.3) is 60.0 Å². The summed E-state index contributed by atoms with van der Waals surface area (Å²) in [5.41, 5.74) is 6.66. The van der Waals surface area contributed by atoms with E-state index in [1.54, 1.807) is 0 Å². The Morgan fingerprint density at radius 1 is 0.553 bits per heavy atom. The van der Waals surface area contributed by atoms with Crippen LogP contribution in [0.2, 0.25) is 0 Å². The Morgan fingerprint density at radius 3 is 1.74 bits per heavy atom. The Balaban J connectivity index is 1.28. The predicted molar refractivity (Wildman–Crippen MR) is 160 cm³/mol. The Labute approximate surface area is 222 Å². The molecule has 0 aliphatic carbocycles. The van der Waals surface area contributed by atoms with Gasteiger partial charge in [-0.2, -0.15) is 0 Å². The standard InChI is InChI=1S/C34H28BNO2/c1-33(2)34(3,4)38-35(37-33)25-16-15-21-17-22(13-14-23(21)18-25)24-19-28-26-9-5-7-11-30(26)36-31-12-8-6-10-27(31)29(20-24)32(28)36/h5-20H,1-4H3. The molecule has 0 bridgehead atoms. The molecule has 1 aliphatic rings. The van der Waals surface area contributed by atoms with Crippen molar-refractivity contribution in [2.75, 3.05) is 0 Å².